The van der Waals surface area contributed by atoms with E-state index in [4.69, 9.17) is 9.05 Å². The Hall–Kier alpha value is -4.69. The van der Waals surface area contributed by atoms with Crippen LogP contribution in [0.1, 0.15) is 39.8 Å². The fraction of sp³-hybridized carbons (Fsp3) is 0.0769. The summed E-state index contributed by atoms with van der Waals surface area (Å²) in [4.78, 5) is 0. The third-order valence-electron chi connectivity index (χ3n) is 8.43. The Balaban J connectivity index is 1.35. The van der Waals surface area contributed by atoms with E-state index in [1.165, 1.54) is 38.6 Å². The third kappa shape index (κ3) is 4.72. The zero-order valence-electron chi connectivity index (χ0n) is 23.5. The lowest BCUT2D eigenvalue weighted by atomic mass is 9.78. The van der Waals surface area contributed by atoms with Gasteiger partial charge in [-0.25, -0.2) is 0 Å². The van der Waals surface area contributed by atoms with Gasteiger partial charge < -0.3 is 4.52 Å². The number of rotatable bonds is 5. The molecule has 1 aliphatic carbocycles. The predicted molar refractivity (Wildman–Crippen MR) is 177 cm³/mol. The fourth-order valence-electron chi connectivity index (χ4n) is 6.49. The van der Waals surface area contributed by atoms with Crippen LogP contribution in [0.25, 0.3) is 16.8 Å². The number of benzene rings is 6. The molecule has 1 aliphatic heterocycles. The lowest BCUT2D eigenvalue weighted by Crippen LogP contribution is -2.29. The fourth-order valence-corrected chi connectivity index (χ4v) is 8.23. The van der Waals surface area contributed by atoms with Crippen molar-refractivity contribution < 1.29 is 9.05 Å². The van der Waals surface area contributed by atoms with Crippen molar-refractivity contribution in [3.8, 4) is 5.75 Å². The molecule has 0 bridgehead atoms. The van der Waals surface area contributed by atoms with Gasteiger partial charge in [0.1, 0.15) is 5.75 Å². The van der Waals surface area contributed by atoms with E-state index >= 15 is 0 Å². The molecule has 0 radical (unpaired) electrons. The van der Waals surface area contributed by atoms with Crippen LogP contribution in [-0.4, -0.2) is 6.10 Å². The second-order valence-electron chi connectivity index (χ2n) is 11.0. The maximum absolute atomic E-state index is 7.23. The van der Waals surface area contributed by atoms with E-state index in [2.05, 4.69) is 168 Å². The van der Waals surface area contributed by atoms with Gasteiger partial charge in [-0.3, -0.25) is 9.19 Å². The minimum Gasteiger partial charge on any atom is -0.431 e. The Morgan fingerprint density at radius 1 is 0.605 bits per heavy atom. The highest BCUT2D eigenvalue weighted by Crippen LogP contribution is 2.59. The number of anilines is 1. The molecule has 0 aromatic heterocycles. The third-order valence-corrected chi connectivity index (χ3v) is 10.0. The van der Waals surface area contributed by atoms with Crippen LogP contribution in [0.3, 0.4) is 0 Å². The van der Waals surface area contributed by atoms with Crippen molar-refractivity contribution >= 4 is 31.1 Å². The summed E-state index contributed by atoms with van der Waals surface area (Å²) in [5, 5.41) is 2.41. The summed E-state index contributed by atoms with van der Waals surface area (Å²) in [6, 6.07) is 53.4. The molecule has 6 aromatic carbocycles. The molecule has 3 atom stereocenters. The predicted octanol–water partition coefficient (Wildman–Crippen LogP) is 10.3. The van der Waals surface area contributed by atoms with Gasteiger partial charge in [-0.2, -0.15) is 0 Å². The lowest BCUT2D eigenvalue weighted by Gasteiger charge is -2.38. The maximum Gasteiger partial charge on any atom is 0.354 e. The Labute approximate surface area is 253 Å². The van der Waals surface area contributed by atoms with E-state index in [1.54, 1.807) is 0 Å². The lowest BCUT2D eigenvalue weighted by molar-refractivity contribution is 0.241. The van der Waals surface area contributed by atoms with Gasteiger partial charge in [0.25, 0.3) is 0 Å². The highest BCUT2D eigenvalue weighted by molar-refractivity contribution is 7.49. The molecule has 4 heteroatoms. The van der Waals surface area contributed by atoms with Crippen LogP contribution in [0.15, 0.2) is 158 Å². The Morgan fingerprint density at radius 2 is 1.23 bits per heavy atom. The SMILES string of the molecule is C1=CC2OP(N(c3ccccc3)C(c3ccccc3)c3ccccc3)Oc3ccc4ccccc4c3C2c2ccccc21. The van der Waals surface area contributed by atoms with Gasteiger partial charge in [0, 0.05) is 17.2 Å². The molecule has 3 nitrogen and oxygen atoms in total. The molecule has 8 rings (SSSR count). The van der Waals surface area contributed by atoms with Crippen molar-refractivity contribution in [2.75, 3.05) is 4.67 Å². The average Bonchev–Trinajstić information content (AvgIpc) is 3.25. The van der Waals surface area contributed by atoms with Crippen LogP contribution in [0.4, 0.5) is 5.69 Å². The minimum atomic E-state index is -1.62. The molecule has 0 amide bonds. The zero-order valence-corrected chi connectivity index (χ0v) is 24.4. The second-order valence-corrected chi connectivity index (χ2v) is 12.3. The molecule has 0 N–H and O–H groups in total. The molecule has 1 heterocycles. The Morgan fingerprint density at radius 3 is 1.98 bits per heavy atom. The minimum absolute atomic E-state index is 0.000626. The molecule has 2 aliphatic rings. The quantitative estimate of drug-likeness (QED) is 0.191. The molecular weight excluding hydrogens is 545 g/mol. The summed E-state index contributed by atoms with van der Waals surface area (Å²) in [6.45, 7) is 0. The molecule has 0 fully saturated rings. The summed E-state index contributed by atoms with van der Waals surface area (Å²) in [6.07, 6.45) is 4.23. The number of para-hydroxylation sites is 1. The van der Waals surface area contributed by atoms with E-state index in [1.807, 2.05) is 0 Å². The Bertz CT molecular complexity index is 1870. The van der Waals surface area contributed by atoms with Crippen molar-refractivity contribution in [1.29, 1.82) is 0 Å². The largest absolute Gasteiger partial charge is 0.431 e. The highest BCUT2D eigenvalue weighted by atomic mass is 31.2. The van der Waals surface area contributed by atoms with Gasteiger partial charge >= 0.3 is 8.53 Å². The van der Waals surface area contributed by atoms with E-state index < -0.39 is 8.53 Å². The van der Waals surface area contributed by atoms with Crippen molar-refractivity contribution in [3.63, 3.8) is 0 Å². The first-order valence-electron chi connectivity index (χ1n) is 14.7. The van der Waals surface area contributed by atoms with Crippen molar-refractivity contribution in [2.45, 2.75) is 18.1 Å². The summed E-state index contributed by atoms with van der Waals surface area (Å²) < 4.78 is 16.7. The smallest absolute Gasteiger partial charge is 0.354 e. The molecule has 208 valence electrons. The van der Waals surface area contributed by atoms with Gasteiger partial charge in [0.2, 0.25) is 0 Å². The van der Waals surface area contributed by atoms with Crippen LogP contribution < -0.4 is 9.19 Å². The van der Waals surface area contributed by atoms with Crippen LogP contribution in [0, 0.1) is 0 Å². The number of fused-ring (bicyclic) bond motifs is 7. The van der Waals surface area contributed by atoms with Crippen LogP contribution >= 0.6 is 8.53 Å². The first kappa shape index (κ1) is 26.0. The number of hydrogen-bond donors (Lipinski definition) is 0. The highest BCUT2D eigenvalue weighted by Gasteiger charge is 2.42. The van der Waals surface area contributed by atoms with Crippen molar-refractivity contribution in [1.82, 2.24) is 0 Å². The van der Waals surface area contributed by atoms with E-state index in [0.29, 0.717) is 0 Å². The summed E-state index contributed by atoms with van der Waals surface area (Å²) in [5.41, 5.74) is 7.08. The molecule has 3 unspecified atom stereocenters. The second kappa shape index (κ2) is 11.2. The van der Waals surface area contributed by atoms with E-state index in [0.717, 1.165) is 11.4 Å². The van der Waals surface area contributed by atoms with Crippen LogP contribution in [-0.2, 0) is 4.52 Å². The maximum atomic E-state index is 7.23. The summed E-state index contributed by atoms with van der Waals surface area (Å²) in [7, 11) is -1.62. The summed E-state index contributed by atoms with van der Waals surface area (Å²) >= 11 is 0. The monoisotopic (exact) mass is 575 g/mol. The zero-order chi connectivity index (χ0) is 28.6. The first-order valence-corrected chi connectivity index (χ1v) is 15.9. The van der Waals surface area contributed by atoms with Gasteiger partial charge in [-0.15, -0.1) is 0 Å². The van der Waals surface area contributed by atoms with E-state index in [-0.39, 0.29) is 18.1 Å². The molecule has 0 saturated heterocycles. The number of nitrogens with zero attached hydrogens (tertiary/aromatic N) is 1. The first-order chi connectivity index (χ1) is 21.3. The Kier molecular flexibility index (Phi) is 6.76. The van der Waals surface area contributed by atoms with Crippen molar-refractivity contribution in [3.05, 3.63) is 186 Å². The molecule has 0 spiro atoms. The van der Waals surface area contributed by atoms with Gasteiger partial charge in [-0.1, -0.05) is 146 Å². The molecular formula is C39H30NO2P. The standard InChI is InChI=1S/C39H30NO2P/c1-4-16-30(17-5-1)39(31-18-6-2-7-19-31)40(32-20-8-3-9-21-32)43-41-35-26-24-28-14-10-12-22-33(28)37(35)38-34-23-13-11-15-29(34)25-27-36(38)42-43/h1-27,35,37,39H. The van der Waals surface area contributed by atoms with Crippen LogP contribution in [0.2, 0.25) is 0 Å². The van der Waals surface area contributed by atoms with Crippen molar-refractivity contribution in [2.24, 2.45) is 0 Å². The molecule has 0 saturated carbocycles. The van der Waals surface area contributed by atoms with Gasteiger partial charge in [0.15, 0.2) is 0 Å². The average molecular weight is 576 g/mol. The van der Waals surface area contributed by atoms with Gasteiger partial charge in [0.05, 0.1) is 12.1 Å². The van der Waals surface area contributed by atoms with Gasteiger partial charge in [-0.05, 0) is 51.2 Å². The molecule has 43 heavy (non-hydrogen) atoms. The molecule has 6 aromatic rings. The van der Waals surface area contributed by atoms with E-state index in [9.17, 15) is 0 Å². The number of hydrogen-bond acceptors (Lipinski definition) is 3. The topological polar surface area (TPSA) is 21.7 Å². The summed E-state index contributed by atoms with van der Waals surface area (Å²) in [5.74, 6) is 0.877. The van der Waals surface area contributed by atoms with Crippen LogP contribution in [0.5, 0.6) is 5.75 Å². The normalized spacial score (nSPS) is 18.7.